The van der Waals surface area contributed by atoms with Gasteiger partial charge in [0.2, 0.25) is 5.95 Å². The summed E-state index contributed by atoms with van der Waals surface area (Å²) < 4.78 is 0. The van der Waals surface area contributed by atoms with Gasteiger partial charge in [0.1, 0.15) is 0 Å². The fourth-order valence-corrected chi connectivity index (χ4v) is 2.64. The fourth-order valence-electron chi connectivity index (χ4n) is 2.64. The van der Waals surface area contributed by atoms with Crippen LogP contribution in [0.1, 0.15) is 23.0 Å². The minimum Gasteiger partial charge on any atom is -0.346 e. The van der Waals surface area contributed by atoms with Gasteiger partial charge in [0, 0.05) is 44.8 Å². The van der Waals surface area contributed by atoms with Crippen LogP contribution in [-0.4, -0.2) is 58.5 Å². The first kappa shape index (κ1) is 16.3. The van der Waals surface area contributed by atoms with Crippen LogP contribution in [0.4, 0.5) is 5.95 Å². The Balaban J connectivity index is 1.55. The van der Waals surface area contributed by atoms with Crippen LogP contribution in [0.3, 0.4) is 0 Å². The number of nitrogens with one attached hydrogen (secondary N) is 1. The smallest absolute Gasteiger partial charge is 0.254 e. The van der Waals surface area contributed by atoms with Crippen molar-refractivity contribution in [3.63, 3.8) is 0 Å². The molecule has 126 valence electrons. The van der Waals surface area contributed by atoms with Crippen LogP contribution >= 0.6 is 0 Å². The summed E-state index contributed by atoms with van der Waals surface area (Å²) in [5.41, 5.74) is 1.28. The molecular weight excluding hydrogens is 304 g/mol. The topological polar surface area (TPSA) is 74.2 Å². The van der Waals surface area contributed by atoms with E-state index in [-0.39, 0.29) is 5.91 Å². The van der Waals surface area contributed by atoms with Crippen LogP contribution in [0.25, 0.3) is 0 Å². The minimum absolute atomic E-state index is 0.192. The highest BCUT2D eigenvalue weighted by atomic mass is 16.1. The monoisotopic (exact) mass is 326 g/mol. The Bertz CT molecular complexity index is 653. The number of piperazine rings is 1. The molecule has 1 aliphatic heterocycles. The SMILES string of the molecule is CCN1CCN(c2ncc(C(=O)NCc3ccccn3)cn2)CC1. The summed E-state index contributed by atoms with van der Waals surface area (Å²) in [5.74, 6) is 0.495. The molecule has 1 amide bonds. The molecule has 1 saturated heterocycles. The second-order valence-corrected chi connectivity index (χ2v) is 5.70. The van der Waals surface area contributed by atoms with E-state index in [4.69, 9.17) is 0 Å². The van der Waals surface area contributed by atoms with Crippen LogP contribution in [0.2, 0.25) is 0 Å². The average molecular weight is 326 g/mol. The third-order valence-corrected chi connectivity index (χ3v) is 4.16. The lowest BCUT2D eigenvalue weighted by molar-refractivity contribution is 0.0949. The lowest BCUT2D eigenvalue weighted by Crippen LogP contribution is -2.46. The maximum absolute atomic E-state index is 12.1. The Morgan fingerprint density at radius 1 is 1.12 bits per heavy atom. The number of rotatable bonds is 5. The van der Waals surface area contributed by atoms with Gasteiger partial charge in [-0.1, -0.05) is 13.0 Å². The van der Waals surface area contributed by atoms with Crippen molar-refractivity contribution in [2.24, 2.45) is 0 Å². The van der Waals surface area contributed by atoms with Crippen LogP contribution < -0.4 is 10.2 Å². The van der Waals surface area contributed by atoms with Crippen LogP contribution in [0.5, 0.6) is 0 Å². The number of pyridine rings is 1. The van der Waals surface area contributed by atoms with E-state index in [1.54, 1.807) is 18.6 Å². The second-order valence-electron chi connectivity index (χ2n) is 5.70. The molecule has 0 radical (unpaired) electrons. The van der Waals surface area contributed by atoms with E-state index in [1.165, 1.54) is 0 Å². The molecular formula is C17H22N6O. The molecule has 0 bridgehead atoms. The Morgan fingerprint density at radius 2 is 1.88 bits per heavy atom. The molecule has 0 saturated carbocycles. The molecule has 0 aliphatic carbocycles. The fraction of sp³-hybridized carbons (Fsp3) is 0.412. The normalized spacial score (nSPS) is 15.3. The van der Waals surface area contributed by atoms with E-state index in [2.05, 4.69) is 37.0 Å². The van der Waals surface area contributed by atoms with Gasteiger partial charge >= 0.3 is 0 Å². The van der Waals surface area contributed by atoms with Crippen molar-refractivity contribution < 1.29 is 4.79 Å². The summed E-state index contributed by atoms with van der Waals surface area (Å²) in [6.07, 6.45) is 4.88. The zero-order chi connectivity index (χ0) is 16.8. The number of amides is 1. The highest BCUT2D eigenvalue weighted by Crippen LogP contribution is 2.10. The van der Waals surface area contributed by atoms with Crippen LogP contribution in [0.15, 0.2) is 36.8 Å². The first-order valence-electron chi connectivity index (χ1n) is 8.23. The predicted molar refractivity (Wildman–Crippen MR) is 91.8 cm³/mol. The molecule has 7 nitrogen and oxygen atoms in total. The Kier molecular flexibility index (Phi) is 5.32. The number of carbonyl (C=O) groups is 1. The Labute approximate surface area is 141 Å². The van der Waals surface area contributed by atoms with Gasteiger partial charge in [-0.3, -0.25) is 9.78 Å². The number of likely N-dealkylation sites (N-methyl/N-ethyl adjacent to an activating group) is 1. The summed E-state index contributed by atoms with van der Waals surface area (Å²) in [5, 5.41) is 2.83. The van der Waals surface area contributed by atoms with Gasteiger partial charge < -0.3 is 15.1 Å². The number of nitrogens with zero attached hydrogens (tertiary/aromatic N) is 5. The molecule has 3 heterocycles. The molecule has 1 aliphatic rings. The van der Waals surface area contributed by atoms with Gasteiger partial charge in [-0.05, 0) is 18.7 Å². The maximum atomic E-state index is 12.1. The maximum Gasteiger partial charge on any atom is 0.254 e. The third kappa shape index (κ3) is 4.05. The second kappa shape index (κ2) is 7.83. The third-order valence-electron chi connectivity index (χ3n) is 4.16. The van der Waals surface area contributed by atoms with Gasteiger partial charge in [-0.2, -0.15) is 0 Å². The summed E-state index contributed by atoms with van der Waals surface area (Å²) in [6.45, 7) is 7.51. The van der Waals surface area contributed by atoms with E-state index in [1.807, 2.05) is 18.2 Å². The van der Waals surface area contributed by atoms with E-state index in [0.29, 0.717) is 18.1 Å². The molecule has 1 fully saturated rings. The van der Waals surface area contributed by atoms with Crippen molar-refractivity contribution in [1.29, 1.82) is 0 Å². The zero-order valence-electron chi connectivity index (χ0n) is 13.9. The molecule has 2 aromatic heterocycles. The number of hydrogen-bond acceptors (Lipinski definition) is 6. The highest BCUT2D eigenvalue weighted by Gasteiger charge is 2.18. The van der Waals surface area contributed by atoms with E-state index in [9.17, 15) is 4.79 Å². The molecule has 0 aromatic carbocycles. The largest absolute Gasteiger partial charge is 0.346 e. The molecule has 2 aromatic rings. The molecule has 0 atom stereocenters. The van der Waals surface area contributed by atoms with E-state index in [0.717, 1.165) is 38.4 Å². The standard InChI is InChI=1S/C17H22N6O/c1-2-22-7-9-23(10-8-22)17-20-11-14(12-21-17)16(24)19-13-15-5-3-4-6-18-15/h3-6,11-12H,2,7-10,13H2,1H3,(H,19,24). The Hall–Kier alpha value is -2.54. The van der Waals surface area contributed by atoms with Crippen molar-refractivity contribution in [3.8, 4) is 0 Å². The molecule has 0 unspecified atom stereocenters. The lowest BCUT2D eigenvalue weighted by atomic mass is 10.3. The summed E-state index contributed by atoms with van der Waals surface area (Å²) in [6, 6.07) is 5.61. The average Bonchev–Trinajstić information content (AvgIpc) is 2.67. The van der Waals surface area contributed by atoms with Crippen molar-refractivity contribution in [2.45, 2.75) is 13.5 Å². The Morgan fingerprint density at radius 3 is 2.50 bits per heavy atom. The number of carbonyl (C=O) groups excluding carboxylic acids is 1. The zero-order valence-corrected chi connectivity index (χ0v) is 13.9. The van der Waals surface area contributed by atoms with Crippen molar-refractivity contribution in [2.75, 3.05) is 37.6 Å². The predicted octanol–water partition coefficient (Wildman–Crippen LogP) is 0.943. The van der Waals surface area contributed by atoms with Crippen molar-refractivity contribution in [1.82, 2.24) is 25.2 Å². The first-order chi connectivity index (χ1) is 11.8. The van der Waals surface area contributed by atoms with Crippen LogP contribution in [-0.2, 0) is 6.54 Å². The summed E-state index contributed by atoms with van der Waals surface area (Å²) in [7, 11) is 0. The highest BCUT2D eigenvalue weighted by molar-refractivity contribution is 5.93. The van der Waals surface area contributed by atoms with E-state index < -0.39 is 0 Å². The van der Waals surface area contributed by atoms with Gasteiger partial charge in [-0.15, -0.1) is 0 Å². The van der Waals surface area contributed by atoms with Crippen molar-refractivity contribution >= 4 is 11.9 Å². The summed E-state index contributed by atoms with van der Waals surface area (Å²) >= 11 is 0. The number of hydrogen-bond donors (Lipinski definition) is 1. The minimum atomic E-state index is -0.192. The molecule has 3 rings (SSSR count). The van der Waals surface area contributed by atoms with Crippen LogP contribution in [0, 0.1) is 0 Å². The molecule has 1 N–H and O–H groups in total. The molecule has 0 spiro atoms. The summed E-state index contributed by atoms with van der Waals surface area (Å²) in [4.78, 5) is 29.6. The van der Waals surface area contributed by atoms with Gasteiger partial charge in [0.15, 0.2) is 0 Å². The number of aromatic nitrogens is 3. The first-order valence-corrected chi connectivity index (χ1v) is 8.23. The lowest BCUT2D eigenvalue weighted by Gasteiger charge is -2.33. The van der Waals surface area contributed by atoms with Gasteiger partial charge in [0.05, 0.1) is 17.8 Å². The van der Waals surface area contributed by atoms with Gasteiger partial charge in [-0.25, -0.2) is 9.97 Å². The van der Waals surface area contributed by atoms with Crippen molar-refractivity contribution in [3.05, 3.63) is 48.0 Å². The number of anilines is 1. The molecule has 7 heteroatoms. The van der Waals surface area contributed by atoms with E-state index >= 15 is 0 Å². The van der Waals surface area contributed by atoms with Gasteiger partial charge in [0.25, 0.3) is 5.91 Å². The quantitative estimate of drug-likeness (QED) is 0.881. The molecule has 24 heavy (non-hydrogen) atoms.